The van der Waals surface area contributed by atoms with Crippen LogP contribution in [-0.4, -0.2) is 6.54 Å². The molecule has 1 aromatic rings. The van der Waals surface area contributed by atoms with Gasteiger partial charge in [0.05, 0.1) is 0 Å². The average molecular weight is 187 g/mol. The Kier molecular flexibility index (Phi) is 4.07. The molecule has 0 bridgehead atoms. The lowest BCUT2D eigenvalue weighted by Gasteiger charge is -2.09. The molecule has 1 N–H and O–H groups in total. The lowest BCUT2D eigenvalue weighted by atomic mass is 10.1. The van der Waals surface area contributed by atoms with E-state index >= 15 is 0 Å². The summed E-state index contributed by atoms with van der Waals surface area (Å²) in [4.78, 5) is 0. The minimum atomic E-state index is 0.845. The standard InChI is InChI=1S/C13H17N/c1-4-5-6-9-14-13-8-7-11(2)10-12(13)3/h1,7-8,10,14H,5-6,9H2,2-3H3. The molecule has 0 fully saturated rings. The zero-order valence-corrected chi connectivity index (χ0v) is 8.93. The van der Waals surface area contributed by atoms with Crippen molar-refractivity contribution in [3.05, 3.63) is 29.3 Å². The van der Waals surface area contributed by atoms with Gasteiger partial charge in [0, 0.05) is 18.7 Å². The van der Waals surface area contributed by atoms with Crippen LogP contribution in [0.3, 0.4) is 0 Å². The number of aryl methyl sites for hydroxylation is 2. The smallest absolute Gasteiger partial charge is 0.0370 e. The van der Waals surface area contributed by atoms with Gasteiger partial charge < -0.3 is 5.32 Å². The van der Waals surface area contributed by atoms with Crippen LogP contribution in [0.25, 0.3) is 0 Å². The third kappa shape index (κ3) is 3.14. The van der Waals surface area contributed by atoms with Gasteiger partial charge in [-0.2, -0.15) is 0 Å². The van der Waals surface area contributed by atoms with Crippen molar-refractivity contribution in [2.24, 2.45) is 0 Å². The van der Waals surface area contributed by atoms with E-state index in [2.05, 4.69) is 43.3 Å². The van der Waals surface area contributed by atoms with Crippen molar-refractivity contribution in [2.45, 2.75) is 26.7 Å². The summed E-state index contributed by atoms with van der Waals surface area (Å²) in [5, 5.41) is 3.38. The number of unbranched alkanes of at least 4 members (excludes halogenated alkanes) is 1. The summed E-state index contributed by atoms with van der Waals surface area (Å²) in [7, 11) is 0. The summed E-state index contributed by atoms with van der Waals surface area (Å²) in [6.45, 7) is 5.18. The molecule has 0 spiro atoms. The quantitative estimate of drug-likeness (QED) is 0.564. The summed E-state index contributed by atoms with van der Waals surface area (Å²) < 4.78 is 0. The second kappa shape index (κ2) is 5.34. The van der Waals surface area contributed by atoms with Crippen molar-refractivity contribution in [1.82, 2.24) is 0 Å². The van der Waals surface area contributed by atoms with Crippen LogP contribution in [0.15, 0.2) is 18.2 Å². The summed E-state index contributed by atoms with van der Waals surface area (Å²) >= 11 is 0. The number of anilines is 1. The first kappa shape index (κ1) is 10.7. The normalized spacial score (nSPS) is 9.50. The molecule has 0 unspecified atom stereocenters. The van der Waals surface area contributed by atoms with E-state index in [0.29, 0.717) is 0 Å². The van der Waals surface area contributed by atoms with E-state index < -0.39 is 0 Å². The Morgan fingerprint density at radius 3 is 2.79 bits per heavy atom. The van der Waals surface area contributed by atoms with E-state index in [1.54, 1.807) is 0 Å². The van der Waals surface area contributed by atoms with Crippen LogP contribution in [0.4, 0.5) is 5.69 Å². The number of nitrogens with one attached hydrogen (secondary N) is 1. The highest BCUT2D eigenvalue weighted by molar-refractivity contribution is 5.51. The van der Waals surface area contributed by atoms with Crippen LogP contribution in [0, 0.1) is 26.2 Å². The summed E-state index contributed by atoms with van der Waals surface area (Å²) in [5.74, 6) is 2.64. The molecule has 0 aliphatic carbocycles. The monoisotopic (exact) mass is 187 g/mol. The van der Waals surface area contributed by atoms with Crippen LogP contribution >= 0.6 is 0 Å². The first-order valence-electron chi connectivity index (χ1n) is 4.98. The average Bonchev–Trinajstić information content (AvgIpc) is 2.15. The number of terminal acetylenes is 1. The molecular weight excluding hydrogens is 170 g/mol. The number of benzene rings is 1. The van der Waals surface area contributed by atoms with Crippen molar-refractivity contribution in [1.29, 1.82) is 0 Å². The zero-order chi connectivity index (χ0) is 10.4. The molecule has 1 rings (SSSR count). The van der Waals surface area contributed by atoms with Crippen LogP contribution < -0.4 is 5.32 Å². The van der Waals surface area contributed by atoms with Crippen molar-refractivity contribution in [3.8, 4) is 12.3 Å². The molecule has 1 nitrogen and oxygen atoms in total. The molecule has 1 aromatic carbocycles. The van der Waals surface area contributed by atoms with E-state index in [1.165, 1.54) is 16.8 Å². The second-order valence-electron chi connectivity index (χ2n) is 3.55. The van der Waals surface area contributed by atoms with Crippen molar-refractivity contribution < 1.29 is 0 Å². The van der Waals surface area contributed by atoms with Gasteiger partial charge >= 0.3 is 0 Å². The Hall–Kier alpha value is -1.42. The molecule has 0 amide bonds. The Bertz CT molecular complexity index is 334. The number of rotatable bonds is 4. The third-order valence-corrected chi connectivity index (χ3v) is 2.20. The first-order valence-corrected chi connectivity index (χ1v) is 4.98. The molecule has 0 aromatic heterocycles. The fourth-order valence-electron chi connectivity index (χ4n) is 1.43. The predicted octanol–water partition coefficient (Wildman–Crippen LogP) is 3.13. The van der Waals surface area contributed by atoms with E-state index in [1.807, 2.05) is 0 Å². The van der Waals surface area contributed by atoms with Gasteiger partial charge in [-0.05, 0) is 31.9 Å². The van der Waals surface area contributed by atoms with E-state index in [4.69, 9.17) is 6.42 Å². The van der Waals surface area contributed by atoms with Gasteiger partial charge in [-0.3, -0.25) is 0 Å². The third-order valence-electron chi connectivity index (χ3n) is 2.20. The van der Waals surface area contributed by atoms with Crippen LogP contribution in [0.1, 0.15) is 24.0 Å². The number of hydrogen-bond donors (Lipinski definition) is 1. The van der Waals surface area contributed by atoms with Crippen LogP contribution in [-0.2, 0) is 0 Å². The van der Waals surface area contributed by atoms with Crippen molar-refractivity contribution in [2.75, 3.05) is 11.9 Å². The maximum atomic E-state index is 5.18. The molecule has 1 heteroatoms. The Balaban J connectivity index is 2.47. The molecule has 0 radical (unpaired) electrons. The fraction of sp³-hybridized carbons (Fsp3) is 0.385. The highest BCUT2D eigenvalue weighted by atomic mass is 14.9. The molecule has 14 heavy (non-hydrogen) atoms. The van der Waals surface area contributed by atoms with Gasteiger partial charge in [0.2, 0.25) is 0 Å². The van der Waals surface area contributed by atoms with Gasteiger partial charge in [0.1, 0.15) is 0 Å². The topological polar surface area (TPSA) is 12.0 Å². The minimum absolute atomic E-state index is 0.845. The maximum Gasteiger partial charge on any atom is 0.0370 e. The van der Waals surface area contributed by atoms with Crippen molar-refractivity contribution in [3.63, 3.8) is 0 Å². The maximum absolute atomic E-state index is 5.18. The highest BCUT2D eigenvalue weighted by Gasteiger charge is 1.96. The minimum Gasteiger partial charge on any atom is -0.385 e. The molecular formula is C13H17N. The lowest BCUT2D eigenvalue weighted by molar-refractivity contribution is 0.906. The van der Waals surface area contributed by atoms with Gasteiger partial charge in [0.15, 0.2) is 0 Å². The van der Waals surface area contributed by atoms with Crippen LogP contribution in [0.2, 0.25) is 0 Å². The molecule has 74 valence electrons. The first-order chi connectivity index (χ1) is 6.74. The van der Waals surface area contributed by atoms with E-state index in [9.17, 15) is 0 Å². The van der Waals surface area contributed by atoms with Gasteiger partial charge in [-0.15, -0.1) is 12.3 Å². The number of hydrogen-bond acceptors (Lipinski definition) is 1. The SMILES string of the molecule is C#CCCCNc1ccc(C)cc1C. The molecule has 0 aliphatic rings. The van der Waals surface area contributed by atoms with Gasteiger partial charge in [-0.25, -0.2) is 0 Å². The van der Waals surface area contributed by atoms with Crippen molar-refractivity contribution >= 4 is 5.69 Å². The molecule has 0 aliphatic heterocycles. The van der Waals surface area contributed by atoms with Gasteiger partial charge in [0.25, 0.3) is 0 Å². The summed E-state index contributed by atoms with van der Waals surface area (Å²) in [5.41, 5.74) is 3.81. The largest absolute Gasteiger partial charge is 0.385 e. The summed E-state index contributed by atoms with van der Waals surface area (Å²) in [6, 6.07) is 6.43. The Labute approximate surface area is 86.5 Å². The fourth-order valence-corrected chi connectivity index (χ4v) is 1.43. The van der Waals surface area contributed by atoms with Crippen LogP contribution in [0.5, 0.6) is 0 Å². The molecule has 0 saturated carbocycles. The summed E-state index contributed by atoms with van der Waals surface area (Å²) in [6.07, 6.45) is 7.06. The molecule has 0 heterocycles. The van der Waals surface area contributed by atoms with E-state index in [0.717, 1.165) is 19.4 Å². The van der Waals surface area contributed by atoms with E-state index in [-0.39, 0.29) is 0 Å². The Morgan fingerprint density at radius 2 is 2.14 bits per heavy atom. The second-order valence-corrected chi connectivity index (χ2v) is 3.55. The molecule has 0 atom stereocenters. The highest BCUT2D eigenvalue weighted by Crippen LogP contribution is 2.15. The Morgan fingerprint density at radius 1 is 1.36 bits per heavy atom. The predicted molar refractivity (Wildman–Crippen MR) is 62.5 cm³/mol. The lowest BCUT2D eigenvalue weighted by Crippen LogP contribution is -2.02. The molecule has 0 saturated heterocycles. The van der Waals surface area contributed by atoms with Gasteiger partial charge in [-0.1, -0.05) is 17.7 Å². The zero-order valence-electron chi connectivity index (χ0n) is 8.93.